The second kappa shape index (κ2) is 4.94. The first kappa shape index (κ1) is 12.6. The van der Waals surface area contributed by atoms with Crippen molar-refractivity contribution in [1.29, 1.82) is 0 Å². The van der Waals surface area contributed by atoms with Crippen molar-refractivity contribution in [2.45, 2.75) is 6.54 Å². The number of benzene rings is 2. The summed E-state index contributed by atoms with van der Waals surface area (Å²) < 4.78 is 2.05. The third-order valence-electron chi connectivity index (χ3n) is 3.65. The second-order valence-corrected chi connectivity index (χ2v) is 4.87. The summed E-state index contributed by atoms with van der Waals surface area (Å²) in [5, 5.41) is 0.748. The first-order valence-electron chi connectivity index (χ1n) is 6.59. The smallest absolute Gasteiger partial charge is 0.190 e. The number of aryl methyl sites for hydroxylation is 1. The van der Waals surface area contributed by atoms with Crippen molar-refractivity contribution < 1.29 is 0 Å². The maximum absolute atomic E-state index is 12.2. The Balaban J connectivity index is 2.25. The minimum atomic E-state index is 0.0524. The molecule has 0 spiro atoms. The van der Waals surface area contributed by atoms with Crippen LogP contribution < -0.4 is 11.2 Å². The molecule has 1 heterocycles. The van der Waals surface area contributed by atoms with E-state index in [1.54, 1.807) is 6.07 Å². The normalized spacial score (nSPS) is 10.9. The van der Waals surface area contributed by atoms with Gasteiger partial charge in [-0.2, -0.15) is 0 Å². The molecule has 0 unspecified atom stereocenters. The number of fused-ring (bicyclic) bond motifs is 1. The molecule has 3 nitrogen and oxygen atoms in total. The number of aromatic nitrogens is 1. The first-order chi connectivity index (χ1) is 9.70. The quantitative estimate of drug-likeness (QED) is 0.773. The summed E-state index contributed by atoms with van der Waals surface area (Å²) >= 11 is 0. The van der Waals surface area contributed by atoms with Crippen LogP contribution in [0.15, 0.2) is 59.4 Å². The van der Waals surface area contributed by atoms with Crippen LogP contribution in [0.4, 0.5) is 0 Å². The van der Waals surface area contributed by atoms with Gasteiger partial charge >= 0.3 is 0 Å². The molecule has 0 bridgehead atoms. The fraction of sp³-hybridized carbons (Fsp3) is 0.118. The van der Waals surface area contributed by atoms with Gasteiger partial charge in [0.2, 0.25) is 0 Å². The maximum Gasteiger partial charge on any atom is 0.190 e. The zero-order valence-electron chi connectivity index (χ0n) is 11.3. The zero-order valence-corrected chi connectivity index (χ0v) is 11.3. The number of nitrogens with zero attached hydrogens (tertiary/aromatic N) is 1. The van der Waals surface area contributed by atoms with Crippen LogP contribution in [0.25, 0.3) is 22.2 Å². The largest absolute Gasteiger partial charge is 0.343 e. The summed E-state index contributed by atoms with van der Waals surface area (Å²) in [5.74, 6) is 0. The fourth-order valence-electron chi connectivity index (χ4n) is 2.49. The van der Waals surface area contributed by atoms with Crippen molar-refractivity contribution in [3.05, 3.63) is 70.4 Å². The van der Waals surface area contributed by atoms with E-state index < -0.39 is 0 Å². The molecule has 0 radical (unpaired) electrons. The highest BCUT2D eigenvalue weighted by Crippen LogP contribution is 2.21. The Morgan fingerprint density at radius 1 is 1.05 bits per heavy atom. The van der Waals surface area contributed by atoms with Gasteiger partial charge < -0.3 is 10.3 Å². The van der Waals surface area contributed by atoms with E-state index in [9.17, 15) is 4.79 Å². The van der Waals surface area contributed by atoms with Crippen molar-refractivity contribution in [3.8, 4) is 11.3 Å². The van der Waals surface area contributed by atoms with Crippen molar-refractivity contribution in [1.82, 2.24) is 4.57 Å². The lowest BCUT2D eigenvalue weighted by Gasteiger charge is -2.12. The highest BCUT2D eigenvalue weighted by Gasteiger charge is 2.07. The minimum Gasteiger partial charge on any atom is -0.343 e. The average molecular weight is 264 g/mol. The maximum atomic E-state index is 12.2. The molecule has 0 saturated carbocycles. The summed E-state index contributed by atoms with van der Waals surface area (Å²) in [7, 11) is 1.98. The second-order valence-electron chi connectivity index (χ2n) is 4.87. The van der Waals surface area contributed by atoms with E-state index in [2.05, 4.69) is 0 Å². The van der Waals surface area contributed by atoms with Gasteiger partial charge in [-0.05, 0) is 23.3 Å². The van der Waals surface area contributed by atoms with Crippen LogP contribution >= 0.6 is 0 Å². The molecular formula is C17H16N2O. The highest BCUT2D eigenvalue weighted by atomic mass is 16.1. The van der Waals surface area contributed by atoms with Crippen LogP contribution in [0.3, 0.4) is 0 Å². The molecular weight excluding hydrogens is 248 g/mol. The first-order valence-corrected chi connectivity index (χ1v) is 6.59. The number of pyridine rings is 1. The Morgan fingerprint density at radius 3 is 2.45 bits per heavy atom. The molecule has 100 valence electrons. The van der Waals surface area contributed by atoms with Gasteiger partial charge in [0, 0.05) is 25.0 Å². The lowest BCUT2D eigenvalue weighted by molar-refractivity contribution is 0.960. The monoisotopic (exact) mass is 264 g/mol. The van der Waals surface area contributed by atoms with Crippen LogP contribution in [-0.2, 0) is 13.6 Å². The van der Waals surface area contributed by atoms with Crippen LogP contribution in [0.5, 0.6) is 0 Å². The Labute approximate surface area is 117 Å². The molecule has 3 aromatic rings. The van der Waals surface area contributed by atoms with Gasteiger partial charge in [0.1, 0.15) is 0 Å². The number of nitrogens with two attached hydrogens (primary N) is 1. The predicted octanol–water partition coefficient (Wildman–Crippen LogP) is 2.66. The third kappa shape index (κ3) is 2.02. The SMILES string of the molecule is Cn1c(-c2ccc(CN)cc2)cc(=O)c2ccccc21. The third-order valence-corrected chi connectivity index (χ3v) is 3.65. The molecule has 0 atom stereocenters. The molecule has 0 amide bonds. The lowest BCUT2D eigenvalue weighted by Crippen LogP contribution is -2.08. The topological polar surface area (TPSA) is 48.0 Å². The van der Waals surface area contributed by atoms with E-state index in [0.29, 0.717) is 6.54 Å². The van der Waals surface area contributed by atoms with Crippen LogP contribution in [0, 0.1) is 0 Å². The van der Waals surface area contributed by atoms with Gasteiger partial charge in [-0.15, -0.1) is 0 Å². The minimum absolute atomic E-state index is 0.0524. The molecule has 0 saturated heterocycles. The summed E-state index contributed by atoms with van der Waals surface area (Å²) in [5.41, 5.74) is 9.62. The van der Waals surface area contributed by atoms with Gasteiger partial charge in [-0.1, -0.05) is 36.4 Å². The van der Waals surface area contributed by atoms with E-state index in [4.69, 9.17) is 5.73 Å². The predicted molar refractivity (Wildman–Crippen MR) is 82.5 cm³/mol. The Hall–Kier alpha value is -2.39. The van der Waals surface area contributed by atoms with Gasteiger partial charge in [-0.3, -0.25) is 4.79 Å². The van der Waals surface area contributed by atoms with E-state index in [0.717, 1.165) is 27.7 Å². The molecule has 1 aromatic heterocycles. The van der Waals surface area contributed by atoms with E-state index in [1.165, 1.54) is 0 Å². The van der Waals surface area contributed by atoms with Gasteiger partial charge in [-0.25, -0.2) is 0 Å². The lowest BCUT2D eigenvalue weighted by atomic mass is 10.1. The Morgan fingerprint density at radius 2 is 1.75 bits per heavy atom. The molecule has 2 N–H and O–H groups in total. The summed E-state index contributed by atoms with van der Waals surface area (Å²) in [4.78, 5) is 12.2. The zero-order chi connectivity index (χ0) is 14.1. The number of para-hydroxylation sites is 1. The van der Waals surface area contributed by atoms with E-state index >= 15 is 0 Å². The van der Waals surface area contributed by atoms with Crippen LogP contribution in [-0.4, -0.2) is 4.57 Å². The molecule has 3 rings (SSSR count). The van der Waals surface area contributed by atoms with Crippen molar-refractivity contribution in [2.24, 2.45) is 12.8 Å². The number of rotatable bonds is 2. The van der Waals surface area contributed by atoms with Crippen LogP contribution in [0.1, 0.15) is 5.56 Å². The van der Waals surface area contributed by atoms with Gasteiger partial charge in [0.05, 0.1) is 11.2 Å². The standard InChI is InChI=1S/C17H16N2O/c1-19-15-5-3-2-4-14(15)17(20)10-16(19)13-8-6-12(11-18)7-9-13/h2-10H,11,18H2,1H3. The molecule has 0 aliphatic rings. The molecule has 0 aliphatic carbocycles. The van der Waals surface area contributed by atoms with Gasteiger partial charge in [0.15, 0.2) is 5.43 Å². The van der Waals surface area contributed by atoms with Crippen molar-refractivity contribution in [3.63, 3.8) is 0 Å². The van der Waals surface area contributed by atoms with Gasteiger partial charge in [0.25, 0.3) is 0 Å². The number of hydrogen-bond acceptors (Lipinski definition) is 2. The molecule has 0 fully saturated rings. The molecule has 20 heavy (non-hydrogen) atoms. The van der Waals surface area contributed by atoms with Crippen molar-refractivity contribution in [2.75, 3.05) is 0 Å². The molecule has 2 aromatic carbocycles. The summed E-state index contributed by atoms with van der Waals surface area (Å²) in [6, 6.07) is 17.4. The Kier molecular flexibility index (Phi) is 3.12. The summed E-state index contributed by atoms with van der Waals surface area (Å²) in [6.07, 6.45) is 0. The molecule has 0 aliphatic heterocycles. The fourth-order valence-corrected chi connectivity index (χ4v) is 2.49. The van der Waals surface area contributed by atoms with E-state index in [-0.39, 0.29) is 5.43 Å². The number of hydrogen-bond donors (Lipinski definition) is 1. The van der Waals surface area contributed by atoms with E-state index in [1.807, 2.05) is 60.1 Å². The summed E-state index contributed by atoms with van der Waals surface area (Å²) in [6.45, 7) is 0.525. The molecule has 3 heteroatoms. The van der Waals surface area contributed by atoms with Crippen LogP contribution in [0.2, 0.25) is 0 Å². The van der Waals surface area contributed by atoms with Crippen molar-refractivity contribution >= 4 is 10.9 Å². The Bertz CT molecular complexity index is 817. The average Bonchev–Trinajstić information content (AvgIpc) is 2.51. The highest BCUT2D eigenvalue weighted by molar-refractivity contribution is 5.82.